The zero-order valence-electron chi connectivity index (χ0n) is 8.66. The number of hydrogen-bond acceptors (Lipinski definition) is 2. The fraction of sp³-hybridized carbons (Fsp3) is 0.545. The van der Waals surface area contributed by atoms with Crippen molar-refractivity contribution in [2.45, 2.75) is 32.9 Å². The highest BCUT2D eigenvalue weighted by Gasteiger charge is 1.99. The number of hydrogen-bond donors (Lipinski definition) is 1. The Bertz CT molecular complexity index is 296. The summed E-state index contributed by atoms with van der Waals surface area (Å²) in [5.74, 6) is 2.60. The standard InChI is InChI=1S/C11H17N3/c1-3-5-7-12-10-11-6-8-13-14(11)9-4-2/h1,6,8,12H,4-5,7,9-10H2,2H3. The van der Waals surface area contributed by atoms with Crippen LogP contribution in [0.25, 0.3) is 0 Å². The van der Waals surface area contributed by atoms with E-state index in [1.54, 1.807) is 0 Å². The van der Waals surface area contributed by atoms with E-state index in [0.29, 0.717) is 0 Å². The van der Waals surface area contributed by atoms with E-state index in [-0.39, 0.29) is 0 Å². The van der Waals surface area contributed by atoms with E-state index in [9.17, 15) is 0 Å². The third-order valence-corrected chi connectivity index (χ3v) is 1.99. The predicted molar refractivity (Wildman–Crippen MR) is 57.7 cm³/mol. The topological polar surface area (TPSA) is 29.9 Å². The van der Waals surface area contributed by atoms with Crippen molar-refractivity contribution in [1.82, 2.24) is 15.1 Å². The minimum Gasteiger partial charge on any atom is -0.310 e. The SMILES string of the molecule is C#CCCNCc1ccnn1CCC. The van der Waals surface area contributed by atoms with Crippen LogP contribution in [0.4, 0.5) is 0 Å². The van der Waals surface area contributed by atoms with E-state index in [4.69, 9.17) is 6.42 Å². The van der Waals surface area contributed by atoms with E-state index in [1.807, 2.05) is 16.9 Å². The van der Waals surface area contributed by atoms with Gasteiger partial charge in [-0.25, -0.2) is 0 Å². The summed E-state index contributed by atoms with van der Waals surface area (Å²) < 4.78 is 2.03. The van der Waals surface area contributed by atoms with Gasteiger partial charge in [-0.3, -0.25) is 4.68 Å². The Morgan fingerprint density at radius 2 is 2.50 bits per heavy atom. The molecule has 0 bridgehead atoms. The first kappa shape index (κ1) is 10.8. The van der Waals surface area contributed by atoms with E-state index in [1.165, 1.54) is 5.69 Å². The summed E-state index contributed by atoms with van der Waals surface area (Å²) >= 11 is 0. The molecule has 1 N–H and O–H groups in total. The molecule has 0 spiro atoms. The first-order valence-corrected chi connectivity index (χ1v) is 5.03. The molecular weight excluding hydrogens is 174 g/mol. The molecule has 0 saturated carbocycles. The van der Waals surface area contributed by atoms with Gasteiger partial charge in [0.1, 0.15) is 0 Å². The van der Waals surface area contributed by atoms with Gasteiger partial charge in [-0.05, 0) is 12.5 Å². The lowest BCUT2D eigenvalue weighted by molar-refractivity contribution is 0.552. The summed E-state index contributed by atoms with van der Waals surface area (Å²) in [7, 11) is 0. The molecular formula is C11H17N3. The van der Waals surface area contributed by atoms with E-state index in [2.05, 4.69) is 23.3 Å². The summed E-state index contributed by atoms with van der Waals surface area (Å²) in [6, 6.07) is 2.04. The Hall–Kier alpha value is -1.27. The van der Waals surface area contributed by atoms with Crippen LogP contribution in [0.3, 0.4) is 0 Å². The maximum atomic E-state index is 5.16. The maximum Gasteiger partial charge on any atom is 0.0522 e. The van der Waals surface area contributed by atoms with Crippen molar-refractivity contribution in [2.75, 3.05) is 6.54 Å². The van der Waals surface area contributed by atoms with Crippen LogP contribution >= 0.6 is 0 Å². The highest BCUT2D eigenvalue weighted by atomic mass is 15.3. The second-order valence-corrected chi connectivity index (χ2v) is 3.18. The Balaban J connectivity index is 2.34. The van der Waals surface area contributed by atoms with Crippen LogP contribution in [-0.2, 0) is 13.1 Å². The van der Waals surface area contributed by atoms with Gasteiger partial charge in [0.25, 0.3) is 0 Å². The third kappa shape index (κ3) is 3.23. The smallest absolute Gasteiger partial charge is 0.0522 e. The molecule has 0 saturated heterocycles. The number of nitrogens with one attached hydrogen (secondary N) is 1. The molecule has 14 heavy (non-hydrogen) atoms. The second-order valence-electron chi connectivity index (χ2n) is 3.18. The molecule has 0 aliphatic rings. The monoisotopic (exact) mass is 191 g/mol. The zero-order chi connectivity index (χ0) is 10.2. The molecule has 1 aromatic heterocycles. The molecule has 0 aliphatic heterocycles. The highest BCUT2D eigenvalue weighted by Crippen LogP contribution is 1.99. The van der Waals surface area contributed by atoms with Crippen LogP contribution in [-0.4, -0.2) is 16.3 Å². The molecule has 0 radical (unpaired) electrons. The van der Waals surface area contributed by atoms with Crippen LogP contribution in [0.15, 0.2) is 12.3 Å². The largest absolute Gasteiger partial charge is 0.310 e. The van der Waals surface area contributed by atoms with E-state index < -0.39 is 0 Å². The molecule has 0 fully saturated rings. The lowest BCUT2D eigenvalue weighted by Gasteiger charge is -2.06. The molecule has 1 heterocycles. The Morgan fingerprint density at radius 3 is 3.21 bits per heavy atom. The third-order valence-electron chi connectivity index (χ3n) is 1.99. The lowest BCUT2D eigenvalue weighted by atomic mass is 10.3. The van der Waals surface area contributed by atoms with Gasteiger partial charge in [0, 0.05) is 32.3 Å². The van der Waals surface area contributed by atoms with Crippen molar-refractivity contribution in [3.63, 3.8) is 0 Å². The van der Waals surface area contributed by atoms with Gasteiger partial charge in [-0.2, -0.15) is 5.10 Å². The molecule has 0 aromatic carbocycles. The van der Waals surface area contributed by atoms with Crippen LogP contribution in [0.2, 0.25) is 0 Å². The predicted octanol–water partition coefficient (Wildman–Crippen LogP) is 1.41. The zero-order valence-corrected chi connectivity index (χ0v) is 8.66. The van der Waals surface area contributed by atoms with Gasteiger partial charge in [-0.15, -0.1) is 12.3 Å². The van der Waals surface area contributed by atoms with Crippen LogP contribution < -0.4 is 5.32 Å². The van der Waals surface area contributed by atoms with Crippen molar-refractivity contribution in [1.29, 1.82) is 0 Å². The average molecular weight is 191 g/mol. The van der Waals surface area contributed by atoms with Crippen molar-refractivity contribution in [3.8, 4) is 12.3 Å². The molecule has 0 atom stereocenters. The molecule has 3 heteroatoms. The van der Waals surface area contributed by atoms with E-state index >= 15 is 0 Å². The summed E-state index contributed by atoms with van der Waals surface area (Å²) in [4.78, 5) is 0. The molecule has 3 nitrogen and oxygen atoms in total. The molecule has 0 aliphatic carbocycles. The molecule has 1 rings (SSSR count). The van der Waals surface area contributed by atoms with Crippen LogP contribution in [0, 0.1) is 12.3 Å². The summed E-state index contributed by atoms with van der Waals surface area (Å²) in [6.45, 7) is 4.85. The van der Waals surface area contributed by atoms with Crippen molar-refractivity contribution in [2.24, 2.45) is 0 Å². The molecule has 1 aromatic rings. The molecule has 0 amide bonds. The van der Waals surface area contributed by atoms with Crippen LogP contribution in [0.1, 0.15) is 25.5 Å². The minimum atomic E-state index is 0.780. The number of nitrogens with zero attached hydrogens (tertiary/aromatic N) is 2. The van der Waals surface area contributed by atoms with Gasteiger partial charge in [-0.1, -0.05) is 6.92 Å². The summed E-state index contributed by atoms with van der Waals surface area (Å²) in [6.07, 6.45) is 8.89. The Kier molecular flexibility index (Phi) is 4.81. The van der Waals surface area contributed by atoms with Crippen molar-refractivity contribution in [3.05, 3.63) is 18.0 Å². The van der Waals surface area contributed by atoms with Gasteiger partial charge < -0.3 is 5.32 Å². The number of rotatable bonds is 6. The summed E-state index contributed by atoms with van der Waals surface area (Å²) in [5, 5.41) is 7.53. The number of aromatic nitrogens is 2. The highest BCUT2D eigenvalue weighted by molar-refractivity contribution is 5.00. The van der Waals surface area contributed by atoms with Gasteiger partial charge in [0.15, 0.2) is 0 Å². The second kappa shape index (κ2) is 6.22. The quantitative estimate of drug-likeness (QED) is 0.544. The Morgan fingerprint density at radius 1 is 1.64 bits per heavy atom. The number of aryl methyl sites for hydroxylation is 1. The Labute approximate surface area is 85.5 Å². The van der Waals surface area contributed by atoms with Crippen LogP contribution in [0.5, 0.6) is 0 Å². The first-order valence-electron chi connectivity index (χ1n) is 5.03. The normalized spacial score (nSPS) is 10.0. The van der Waals surface area contributed by atoms with E-state index in [0.717, 1.165) is 32.5 Å². The van der Waals surface area contributed by atoms with Gasteiger partial charge in [0.05, 0.1) is 5.69 Å². The fourth-order valence-corrected chi connectivity index (χ4v) is 1.30. The lowest BCUT2D eigenvalue weighted by Crippen LogP contribution is -2.17. The summed E-state index contributed by atoms with van der Waals surface area (Å²) in [5.41, 5.74) is 1.23. The first-order chi connectivity index (χ1) is 6.88. The minimum absolute atomic E-state index is 0.780. The maximum absolute atomic E-state index is 5.16. The molecule has 76 valence electrons. The van der Waals surface area contributed by atoms with Crippen molar-refractivity contribution >= 4 is 0 Å². The number of terminal acetylenes is 1. The average Bonchev–Trinajstić information content (AvgIpc) is 2.61. The molecule has 0 unspecified atom stereocenters. The fourth-order valence-electron chi connectivity index (χ4n) is 1.30. The van der Waals surface area contributed by atoms with Gasteiger partial charge >= 0.3 is 0 Å². The van der Waals surface area contributed by atoms with Gasteiger partial charge in [0.2, 0.25) is 0 Å². The van der Waals surface area contributed by atoms with Crippen molar-refractivity contribution < 1.29 is 0 Å².